The average molecular weight is 471 g/mol. The van der Waals surface area contributed by atoms with Crippen LogP contribution in [0.4, 0.5) is 5.69 Å². The first-order valence-electron chi connectivity index (χ1n) is 9.30. The van der Waals surface area contributed by atoms with Crippen LogP contribution in [0.2, 0.25) is 0 Å². The highest BCUT2D eigenvalue weighted by molar-refractivity contribution is 9.10. The lowest BCUT2D eigenvalue weighted by Crippen LogP contribution is -2.14. The molecule has 3 rings (SSSR count). The predicted octanol–water partition coefficient (Wildman–Crippen LogP) is 5.75. The minimum absolute atomic E-state index is 0.0895. The number of hydrogen-bond acceptors (Lipinski definition) is 4. The molecular weight excluding hydrogens is 448 g/mol. The molecule has 0 saturated carbocycles. The Morgan fingerprint density at radius 1 is 1.17 bits per heavy atom. The molecule has 0 aliphatic carbocycles. The van der Waals surface area contributed by atoms with Crippen molar-refractivity contribution in [1.29, 1.82) is 0 Å². The Hall–Kier alpha value is -2.38. The fraction of sp³-hybridized carbons (Fsp3) is 0.227. The van der Waals surface area contributed by atoms with Crippen molar-refractivity contribution in [2.45, 2.75) is 31.5 Å². The summed E-state index contributed by atoms with van der Waals surface area (Å²) >= 11 is 4.75. The quantitative estimate of drug-likeness (QED) is 0.336. The first kappa shape index (κ1) is 21.3. The fourth-order valence-electron chi connectivity index (χ4n) is 2.78. The molecule has 0 spiro atoms. The molecule has 29 heavy (non-hydrogen) atoms. The molecule has 1 aromatic heterocycles. The molecule has 0 aliphatic rings. The molecule has 0 aliphatic heterocycles. The number of anilines is 1. The van der Waals surface area contributed by atoms with Gasteiger partial charge < -0.3 is 5.32 Å². The fourth-order valence-corrected chi connectivity index (χ4v) is 3.79. The van der Waals surface area contributed by atoms with Crippen LogP contribution in [-0.2, 0) is 11.3 Å². The standard InChI is InChI=1S/C22H23BrN4OS/c1-4-13-27-21(17-7-5-16(6-8-17)15(2)3)25-26-22(27)29-14-20(28)24-19-11-9-18(23)10-12-19/h4-12,15H,1,13-14H2,2-3H3,(H,24,28). The molecular formula is C22H23BrN4OS. The number of aromatic nitrogens is 3. The van der Waals surface area contributed by atoms with Crippen LogP contribution in [0, 0.1) is 0 Å². The second kappa shape index (κ2) is 9.89. The highest BCUT2D eigenvalue weighted by Gasteiger charge is 2.15. The van der Waals surface area contributed by atoms with Crippen molar-refractivity contribution in [2.24, 2.45) is 0 Å². The molecule has 1 heterocycles. The van der Waals surface area contributed by atoms with E-state index in [0.717, 1.165) is 21.5 Å². The van der Waals surface area contributed by atoms with Crippen molar-refractivity contribution >= 4 is 39.3 Å². The normalized spacial score (nSPS) is 10.9. The Morgan fingerprint density at radius 2 is 1.86 bits per heavy atom. The SMILES string of the molecule is C=CCn1c(SCC(=O)Nc2ccc(Br)cc2)nnc1-c1ccc(C(C)C)cc1. The van der Waals surface area contributed by atoms with Crippen molar-refractivity contribution in [3.63, 3.8) is 0 Å². The number of thioether (sulfide) groups is 1. The average Bonchev–Trinajstić information content (AvgIpc) is 3.11. The van der Waals surface area contributed by atoms with Gasteiger partial charge >= 0.3 is 0 Å². The number of amides is 1. The summed E-state index contributed by atoms with van der Waals surface area (Å²) in [5, 5.41) is 12.2. The maximum atomic E-state index is 12.3. The highest BCUT2D eigenvalue weighted by atomic mass is 79.9. The van der Waals surface area contributed by atoms with E-state index in [1.54, 1.807) is 6.08 Å². The maximum Gasteiger partial charge on any atom is 0.234 e. The van der Waals surface area contributed by atoms with Crippen molar-refractivity contribution in [3.8, 4) is 11.4 Å². The van der Waals surface area contributed by atoms with E-state index in [-0.39, 0.29) is 11.7 Å². The number of carbonyl (C=O) groups is 1. The van der Waals surface area contributed by atoms with E-state index < -0.39 is 0 Å². The lowest BCUT2D eigenvalue weighted by atomic mass is 10.0. The molecule has 0 atom stereocenters. The molecule has 7 heteroatoms. The number of rotatable bonds is 8. The van der Waals surface area contributed by atoms with Gasteiger partial charge in [-0.25, -0.2) is 0 Å². The summed E-state index contributed by atoms with van der Waals surface area (Å²) in [6, 6.07) is 15.8. The lowest BCUT2D eigenvalue weighted by Gasteiger charge is -2.10. The van der Waals surface area contributed by atoms with E-state index in [2.05, 4.69) is 76.1 Å². The van der Waals surface area contributed by atoms with Crippen LogP contribution < -0.4 is 5.32 Å². The van der Waals surface area contributed by atoms with Crippen LogP contribution in [-0.4, -0.2) is 26.4 Å². The first-order valence-corrected chi connectivity index (χ1v) is 11.1. The zero-order valence-electron chi connectivity index (χ0n) is 16.4. The van der Waals surface area contributed by atoms with Crippen LogP contribution in [0.25, 0.3) is 11.4 Å². The number of hydrogen-bond donors (Lipinski definition) is 1. The third-order valence-corrected chi connectivity index (χ3v) is 5.82. The van der Waals surface area contributed by atoms with Gasteiger partial charge in [-0.15, -0.1) is 16.8 Å². The Morgan fingerprint density at radius 3 is 2.48 bits per heavy atom. The van der Waals surface area contributed by atoms with Gasteiger partial charge in [0.2, 0.25) is 5.91 Å². The van der Waals surface area contributed by atoms with Crippen molar-refractivity contribution in [3.05, 3.63) is 71.2 Å². The van der Waals surface area contributed by atoms with Gasteiger partial charge in [-0.05, 0) is 35.7 Å². The Bertz CT molecular complexity index is 981. The van der Waals surface area contributed by atoms with Gasteiger partial charge in [0.1, 0.15) is 0 Å². The first-order chi connectivity index (χ1) is 14.0. The van der Waals surface area contributed by atoms with E-state index in [1.807, 2.05) is 28.8 Å². The van der Waals surface area contributed by atoms with Crippen LogP contribution in [0.1, 0.15) is 25.3 Å². The number of nitrogens with one attached hydrogen (secondary N) is 1. The molecule has 0 fully saturated rings. The maximum absolute atomic E-state index is 12.3. The summed E-state index contributed by atoms with van der Waals surface area (Å²) < 4.78 is 2.95. The number of nitrogens with zero attached hydrogens (tertiary/aromatic N) is 3. The summed E-state index contributed by atoms with van der Waals surface area (Å²) in [5.41, 5.74) is 3.04. The van der Waals surface area contributed by atoms with E-state index in [4.69, 9.17) is 0 Å². The Balaban J connectivity index is 1.71. The second-order valence-electron chi connectivity index (χ2n) is 6.83. The van der Waals surface area contributed by atoms with Crippen LogP contribution >= 0.6 is 27.7 Å². The van der Waals surface area contributed by atoms with Gasteiger partial charge in [0.15, 0.2) is 11.0 Å². The molecule has 0 radical (unpaired) electrons. The molecule has 1 N–H and O–H groups in total. The van der Waals surface area contributed by atoms with Gasteiger partial charge in [-0.2, -0.15) is 0 Å². The van der Waals surface area contributed by atoms with Gasteiger partial charge in [-0.3, -0.25) is 9.36 Å². The van der Waals surface area contributed by atoms with Gasteiger partial charge in [-0.1, -0.05) is 71.9 Å². The number of halogens is 1. The van der Waals surface area contributed by atoms with Crippen molar-refractivity contribution in [2.75, 3.05) is 11.1 Å². The van der Waals surface area contributed by atoms with Gasteiger partial charge in [0, 0.05) is 22.3 Å². The largest absolute Gasteiger partial charge is 0.325 e. The number of carbonyl (C=O) groups excluding carboxylic acids is 1. The summed E-state index contributed by atoms with van der Waals surface area (Å²) in [7, 11) is 0. The molecule has 0 unspecified atom stereocenters. The number of benzene rings is 2. The summed E-state index contributed by atoms with van der Waals surface area (Å²) in [5.74, 6) is 1.41. The molecule has 0 bridgehead atoms. The van der Waals surface area contributed by atoms with E-state index >= 15 is 0 Å². The Kier molecular flexibility index (Phi) is 7.28. The summed E-state index contributed by atoms with van der Waals surface area (Å²) in [6.07, 6.45) is 1.81. The molecule has 5 nitrogen and oxygen atoms in total. The topological polar surface area (TPSA) is 59.8 Å². The van der Waals surface area contributed by atoms with Crippen molar-refractivity contribution < 1.29 is 4.79 Å². The third kappa shape index (κ3) is 5.58. The monoisotopic (exact) mass is 470 g/mol. The van der Waals surface area contributed by atoms with Crippen LogP contribution in [0.5, 0.6) is 0 Å². The highest BCUT2D eigenvalue weighted by Crippen LogP contribution is 2.26. The van der Waals surface area contributed by atoms with Gasteiger partial charge in [0.05, 0.1) is 5.75 Å². The van der Waals surface area contributed by atoms with Crippen LogP contribution in [0.3, 0.4) is 0 Å². The van der Waals surface area contributed by atoms with Crippen molar-refractivity contribution in [1.82, 2.24) is 14.8 Å². The minimum atomic E-state index is -0.0895. The smallest absolute Gasteiger partial charge is 0.234 e. The summed E-state index contributed by atoms with van der Waals surface area (Å²) in [4.78, 5) is 12.3. The van der Waals surface area contributed by atoms with E-state index in [0.29, 0.717) is 17.6 Å². The lowest BCUT2D eigenvalue weighted by molar-refractivity contribution is -0.113. The van der Waals surface area contributed by atoms with E-state index in [9.17, 15) is 4.79 Å². The second-order valence-corrected chi connectivity index (χ2v) is 8.68. The molecule has 0 saturated heterocycles. The van der Waals surface area contributed by atoms with Crippen LogP contribution in [0.15, 0.2) is 70.8 Å². The third-order valence-electron chi connectivity index (χ3n) is 4.32. The molecule has 3 aromatic rings. The molecule has 2 aromatic carbocycles. The number of allylic oxidation sites excluding steroid dienone is 1. The molecule has 1 amide bonds. The van der Waals surface area contributed by atoms with Gasteiger partial charge in [0.25, 0.3) is 0 Å². The predicted molar refractivity (Wildman–Crippen MR) is 123 cm³/mol. The summed E-state index contributed by atoms with van der Waals surface area (Å²) in [6.45, 7) is 8.75. The minimum Gasteiger partial charge on any atom is -0.325 e. The molecule has 150 valence electrons. The zero-order chi connectivity index (χ0) is 20.8. The Labute approximate surface area is 183 Å². The van der Waals surface area contributed by atoms with E-state index in [1.165, 1.54) is 17.3 Å². The zero-order valence-corrected chi connectivity index (χ0v) is 18.8.